The van der Waals surface area contributed by atoms with Gasteiger partial charge >= 0.3 is 0 Å². The van der Waals surface area contributed by atoms with Crippen LogP contribution in [0.25, 0.3) is 0 Å². The summed E-state index contributed by atoms with van der Waals surface area (Å²) < 4.78 is 41.0. The maximum atomic E-state index is 13.8. The largest absolute Gasteiger partial charge is 0.294 e. The highest BCUT2D eigenvalue weighted by Gasteiger charge is 2.17. The van der Waals surface area contributed by atoms with Crippen molar-refractivity contribution in [3.8, 4) is 0 Å². The van der Waals surface area contributed by atoms with Crippen LogP contribution in [0.4, 0.5) is 13.2 Å². The number of hydrogen-bond donors (Lipinski definition) is 0. The van der Waals surface area contributed by atoms with E-state index in [9.17, 15) is 18.0 Å². The number of benzene rings is 2. The van der Waals surface area contributed by atoms with Crippen LogP contribution in [0.1, 0.15) is 15.9 Å². The third-order valence-corrected chi connectivity index (χ3v) is 3.97. The standard InChI is InChI=1S/C14H7Br2F3O/c15-9-2-1-7(5-12(9)18)13(20)6-8-11(17)4-3-10(16)14(8)19/h1-5H,6H2. The van der Waals surface area contributed by atoms with E-state index in [4.69, 9.17) is 0 Å². The molecular formula is C14H7Br2F3O. The molecule has 0 aliphatic carbocycles. The highest BCUT2D eigenvalue weighted by molar-refractivity contribution is 9.10. The average molecular weight is 408 g/mol. The van der Waals surface area contributed by atoms with E-state index in [0.29, 0.717) is 0 Å². The van der Waals surface area contributed by atoms with Crippen molar-refractivity contribution < 1.29 is 18.0 Å². The van der Waals surface area contributed by atoms with Gasteiger partial charge in [-0.2, -0.15) is 0 Å². The number of Topliss-reactive ketones (excluding diaryl/α,β-unsaturated/α-hetero) is 1. The molecule has 0 heterocycles. The maximum absolute atomic E-state index is 13.8. The average Bonchev–Trinajstić information content (AvgIpc) is 2.42. The van der Waals surface area contributed by atoms with E-state index < -0.39 is 29.7 Å². The molecule has 0 amide bonds. The normalized spacial score (nSPS) is 10.7. The lowest BCUT2D eigenvalue weighted by Crippen LogP contribution is -2.08. The predicted octanol–water partition coefficient (Wildman–Crippen LogP) is 5.05. The molecule has 0 fully saturated rings. The van der Waals surface area contributed by atoms with E-state index in [1.165, 1.54) is 18.2 Å². The fourth-order valence-corrected chi connectivity index (χ4v) is 2.28. The van der Waals surface area contributed by atoms with Crippen molar-refractivity contribution in [2.75, 3.05) is 0 Å². The molecule has 20 heavy (non-hydrogen) atoms. The number of carbonyl (C=O) groups is 1. The van der Waals surface area contributed by atoms with Crippen molar-refractivity contribution in [3.05, 3.63) is 67.9 Å². The highest BCUT2D eigenvalue weighted by atomic mass is 79.9. The SMILES string of the molecule is O=C(Cc1c(F)ccc(Br)c1F)c1ccc(Br)c(F)c1. The van der Waals surface area contributed by atoms with Gasteiger partial charge in [-0.05, 0) is 56.1 Å². The lowest BCUT2D eigenvalue weighted by molar-refractivity contribution is 0.0990. The molecule has 0 aliphatic rings. The quantitative estimate of drug-likeness (QED) is 0.513. The van der Waals surface area contributed by atoms with Gasteiger partial charge in [-0.25, -0.2) is 13.2 Å². The first-order chi connectivity index (χ1) is 9.40. The Morgan fingerprint density at radius 1 is 0.950 bits per heavy atom. The van der Waals surface area contributed by atoms with Crippen LogP contribution in [0.15, 0.2) is 39.3 Å². The Balaban J connectivity index is 2.32. The summed E-state index contributed by atoms with van der Waals surface area (Å²) in [5.74, 6) is -2.80. The Bertz CT molecular complexity index is 686. The molecule has 2 aromatic rings. The first-order valence-corrected chi connectivity index (χ1v) is 7.09. The van der Waals surface area contributed by atoms with E-state index in [-0.39, 0.29) is 20.1 Å². The van der Waals surface area contributed by atoms with Crippen LogP contribution in [-0.2, 0) is 6.42 Å². The maximum Gasteiger partial charge on any atom is 0.167 e. The zero-order chi connectivity index (χ0) is 14.9. The van der Waals surface area contributed by atoms with Crippen molar-refractivity contribution in [2.24, 2.45) is 0 Å². The number of hydrogen-bond acceptors (Lipinski definition) is 1. The first-order valence-electron chi connectivity index (χ1n) is 5.50. The monoisotopic (exact) mass is 406 g/mol. The van der Waals surface area contributed by atoms with Crippen LogP contribution in [0.3, 0.4) is 0 Å². The summed E-state index contributed by atoms with van der Waals surface area (Å²) in [6.45, 7) is 0. The molecule has 104 valence electrons. The smallest absolute Gasteiger partial charge is 0.167 e. The molecule has 0 spiro atoms. The lowest BCUT2D eigenvalue weighted by Gasteiger charge is -2.06. The molecule has 0 saturated heterocycles. The van der Waals surface area contributed by atoms with E-state index in [1.807, 2.05) is 0 Å². The molecule has 0 saturated carbocycles. The Morgan fingerprint density at radius 3 is 2.25 bits per heavy atom. The molecule has 1 nitrogen and oxygen atoms in total. The predicted molar refractivity (Wildman–Crippen MR) is 76.2 cm³/mol. The zero-order valence-electron chi connectivity index (χ0n) is 9.89. The third kappa shape index (κ3) is 3.12. The summed E-state index contributed by atoms with van der Waals surface area (Å²) in [7, 11) is 0. The number of halogens is 5. The van der Waals surface area contributed by atoms with Crippen molar-refractivity contribution in [1.82, 2.24) is 0 Å². The van der Waals surface area contributed by atoms with E-state index in [2.05, 4.69) is 31.9 Å². The summed E-state index contributed by atoms with van der Waals surface area (Å²) >= 11 is 5.89. The zero-order valence-corrected chi connectivity index (χ0v) is 13.1. The molecule has 6 heteroatoms. The fourth-order valence-electron chi connectivity index (χ4n) is 1.66. The Kier molecular flexibility index (Phi) is 4.65. The van der Waals surface area contributed by atoms with Crippen LogP contribution in [-0.4, -0.2) is 5.78 Å². The molecule has 0 aromatic heterocycles. The second-order valence-electron chi connectivity index (χ2n) is 4.05. The van der Waals surface area contributed by atoms with Crippen LogP contribution < -0.4 is 0 Å². The van der Waals surface area contributed by atoms with Gasteiger partial charge in [-0.3, -0.25) is 4.79 Å². The fraction of sp³-hybridized carbons (Fsp3) is 0.0714. The molecule has 2 aromatic carbocycles. The van der Waals surface area contributed by atoms with Gasteiger partial charge in [0.15, 0.2) is 5.78 Å². The number of carbonyl (C=O) groups excluding carboxylic acids is 1. The first kappa shape index (κ1) is 15.3. The minimum absolute atomic E-state index is 0.0597. The van der Waals surface area contributed by atoms with E-state index >= 15 is 0 Å². The molecule has 0 unspecified atom stereocenters. The van der Waals surface area contributed by atoms with Crippen molar-refractivity contribution >= 4 is 37.6 Å². The van der Waals surface area contributed by atoms with Crippen LogP contribution in [0.5, 0.6) is 0 Å². The van der Waals surface area contributed by atoms with Crippen LogP contribution in [0, 0.1) is 17.5 Å². The minimum Gasteiger partial charge on any atom is -0.294 e. The molecule has 0 N–H and O–H groups in total. The van der Waals surface area contributed by atoms with E-state index in [1.54, 1.807) is 0 Å². The third-order valence-electron chi connectivity index (χ3n) is 2.72. The van der Waals surface area contributed by atoms with Crippen LogP contribution >= 0.6 is 31.9 Å². The molecule has 0 aliphatic heterocycles. The Labute approximate surface area is 130 Å². The minimum atomic E-state index is -0.823. The topological polar surface area (TPSA) is 17.1 Å². The van der Waals surface area contributed by atoms with Gasteiger partial charge in [0.05, 0.1) is 8.95 Å². The molecular weight excluding hydrogens is 401 g/mol. The summed E-state index contributed by atoms with van der Waals surface area (Å²) in [6.07, 6.45) is -0.474. The Hall–Kier alpha value is -1.14. The van der Waals surface area contributed by atoms with Gasteiger partial charge in [0.2, 0.25) is 0 Å². The van der Waals surface area contributed by atoms with Gasteiger partial charge in [0, 0.05) is 17.5 Å². The second kappa shape index (κ2) is 6.10. The number of rotatable bonds is 3. The number of ketones is 1. The Morgan fingerprint density at radius 2 is 1.60 bits per heavy atom. The summed E-state index contributed by atoms with van der Waals surface area (Å²) in [4.78, 5) is 12.0. The van der Waals surface area contributed by atoms with Crippen molar-refractivity contribution in [3.63, 3.8) is 0 Å². The van der Waals surface area contributed by atoms with Gasteiger partial charge < -0.3 is 0 Å². The van der Waals surface area contributed by atoms with E-state index in [0.717, 1.165) is 12.1 Å². The van der Waals surface area contributed by atoms with Gasteiger partial charge in [0.25, 0.3) is 0 Å². The summed E-state index contributed by atoms with van der Waals surface area (Å²) in [5, 5.41) is 0. The second-order valence-corrected chi connectivity index (χ2v) is 5.76. The molecule has 0 radical (unpaired) electrons. The van der Waals surface area contributed by atoms with Gasteiger partial charge in [0.1, 0.15) is 17.5 Å². The lowest BCUT2D eigenvalue weighted by atomic mass is 10.0. The molecule has 0 bridgehead atoms. The summed E-state index contributed by atoms with van der Waals surface area (Å²) in [6, 6.07) is 6.08. The highest BCUT2D eigenvalue weighted by Crippen LogP contribution is 2.24. The molecule has 2 rings (SSSR count). The van der Waals surface area contributed by atoms with Crippen molar-refractivity contribution in [2.45, 2.75) is 6.42 Å². The van der Waals surface area contributed by atoms with Gasteiger partial charge in [-0.15, -0.1) is 0 Å². The van der Waals surface area contributed by atoms with Crippen molar-refractivity contribution in [1.29, 1.82) is 0 Å². The molecule has 0 atom stereocenters. The summed E-state index contributed by atoms with van der Waals surface area (Å²) in [5.41, 5.74) is -0.280. The van der Waals surface area contributed by atoms with Gasteiger partial charge in [-0.1, -0.05) is 6.07 Å². The van der Waals surface area contributed by atoms with Crippen LogP contribution in [0.2, 0.25) is 0 Å².